The second kappa shape index (κ2) is 5.91. The molecule has 2 aromatic heterocycles. The van der Waals surface area contributed by atoms with Crippen molar-refractivity contribution < 1.29 is 5.11 Å². The molecular weight excluding hydrogens is 336 g/mol. The standard InChI is InChI=1S/C19H18N4O.ClH/c20-10-15-13-4-3-5-14(13)19(22-9-8-12(24)11-22)23-17-7-2-1-6-16(17)21-18(15)23;/h1-2,6-7,12,24H,3-5,8-9,11H2;1H. The molecule has 3 aromatic rings. The first kappa shape index (κ1) is 16.2. The fourth-order valence-electron chi connectivity index (χ4n) is 4.33. The van der Waals surface area contributed by atoms with Crippen molar-refractivity contribution in [2.45, 2.75) is 31.8 Å². The Morgan fingerprint density at radius 1 is 1.20 bits per heavy atom. The zero-order chi connectivity index (χ0) is 16.3. The molecule has 1 aliphatic heterocycles. The van der Waals surface area contributed by atoms with Crippen molar-refractivity contribution in [2.24, 2.45) is 0 Å². The number of fused-ring (bicyclic) bond motifs is 4. The first-order chi connectivity index (χ1) is 11.8. The smallest absolute Gasteiger partial charge is 0.157 e. The highest BCUT2D eigenvalue weighted by molar-refractivity contribution is 5.86. The van der Waals surface area contributed by atoms with Crippen LogP contribution in [0.2, 0.25) is 0 Å². The van der Waals surface area contributed by atoms with E-state index in [0.717, 1.165) is 65.9 Å². The number of nitrogens with zero attached hydrogens (tertiary/aromatic N) is 4. The van der Waals surface area contributed by atoms with Crippen LogP contribution in [0.4, 0.5) is 5.82 Å². The summed E-state index contributed by atoms with van der Waals surface area (Å²) in [6, 6.07) is 10.5. The van der Waals surface area contributed by atoms with Crippen LogP contribution in [0, 0.1) is 11.3 Å². The number of imidazole rings is 1. The van der Waals surface area contributed by atoms with E-state index in [1.54, 1.807) is 0 Å². The number of rotatable bonds is 1. The molecule has 3 heterocycles. The second-order valence-electron chi connectivity index (χ2n) is 6.77. The van der Waals surface area contributed by atoms with E-state index in [1.807, 2.05) is 18.2 Å². The van der Waals surface area contributed by atoms with Gasteiger partial charge in [0, 0.05) is 13.1 Å². The Kier molecular flexibility index (Phi) is 3.82. The molecule has 5 rings (SSSR count). The first-order valence-corrected chi connectivity index (χ1v) is 8.56. The molecule has 0 bridgehead atoms. The average molecular weight is 355 g/mol. The highest BCUT2D eigenvalue weighted by atomic mass is 35.5. The van der Waals surface area contributed by atoms with Gasteiger partial charge in [-0.05, 0) is 48.9 Å². The second-order valence-corrected chi connectivity index (χ2v) is 6.77. The molecule has 1 fully saturated rings. The van der Waals surface area contributed by atoms with Crippen LogP contribution in [0.1, 0.15) is 29.5 Å². The molecule has 0 saturated carbocycles. The van der Waals surface area contributed by atoms with Crippen LogP contribution in [0.3, 0.4) is 0 Å². The lowest BCUT2D eigenvalue weighted by molar-refractivity contribution is 0.198. The molecule has 5 nitrogen and oxygen atoms in total. The summed E-state index contributed by atoms with van der Waals surface area (Å²) in [7, 11) is 0. The Hall–Kier alpha value is -2.29. The minimum Gasteiger partial charge on any atom is -0.391 e. The quantitative estimate of drug-likeness (QED) is 0.729. The van der Waals surface area contributed by atoms with Gasteiger partial charge in [-0.3, -0.25) is 4.40 Å². The van der Waals surface area contributed by atoms with Crippen LogP contribution in [-0.2, 0) is 12.8 Å². The summed E-state index contributed by atoms with van der Waals surface area (Å²) < 4.78 is 2.15. The van der Waals surface area contributed by atoms with Crippen molar-refractivity contribution in [3.63, 3.8) is 0 Å². The minimum absolute atomic E-state index is 0. The summed E-state index contributed by atoms with van der Waals surface area (Å²) in [4.78, 5) is 7.04. The number of hydrogen-bond donors (Lipinski definition) is 1. The first-order valence-electron chi connectivity index (χ1n) is 8.56. The van der Waals surface area contributed by atoms with E-state index < -0.39 is 0 Å². The Balaban J connectivity index is 0.00000157. The zero-order valence-electron chi connectivity index (χ0n) is 13.8. The summed E-state index contributed by atoms with van der Waals surface area (Å²) in [5.74, 6) is 1.14. The van der Waals surface area contributed by atoms with Crippen molar-refractivity contribution in [3.05, 3.63) is 41.0 Å². The Morgan fingerprint density at radius 3 is 2.76 bits per heavy atom. The molecule has 1 N–H and O–H groups in total. The molecule has 25 heavy (non-hydrogen) atoms. The average Bonchev–Trinajstić information content (AvgIpc) is 3.30. The summed E-state index contributed by atoms with van der Waals surface area (Å²) in [6.07, 6.45) is 3.54. The van der Waals surface area contributed by atoms with E-state index in [2.05, 4.69) is 21.4 Å². The molecule has 1 saturated heterocycles. The zero-order valence-corrected chi connectivity index (χ0v) is 14.6. The number of aliphatic hydroxyl groups is 1. The van der Waals surface area contributed by atoms with Gasteiger partial charge in [-0.1, -0.05) is 12.1 Å². The Morgan fingerprint density at radius 2 is 2.00 bits per heavy atom. The number of aromatic nitrogens is 2. The van der Waals surface area contributed by atoms with Gasteiger partial charge in [0.25, 0.3) is 0 Å². The molecular formula is C19H19ClN4O. The van der Waals surface area contributed by atoms with E-state index in [0.29, 0.717) is 6.54 Å². The molecule has 0 spiro atoms. The number of benzene rings is 1. The van der Waals surface area contributed by atoms with Crippen LogP contribution in [0.25, 0.3) is 16.7 Å². The predicted molar refractivity (Wildman–Crippen MR) is 99.5 cm³/mol. The number of aliphatic hydroxyl groups excluding tert-OH is 1. The molecule has 2 aliphatic rings. The maximum atomic E-state index is 10.0. The van der Waals surface area contributed by atoms with E-state index >= 15 is 0 Å². The van der Waals surface area contributed by atoms with Crippen molar-refractivity contribution in [2.75, 3.05) is 18.0 Å². The lowest BCUT2D eigenvalue weighted by Crippen LogP contribution is -2.25. The van der Waals surface area contributed by atoms with Crippen molar-refractivity contribution >= 4 is 34.9 Å². The van der Waals surface area contributed by atoms with Gasteiger partial charge in [-0.2, -0.15) is 5.26 Å². The highest BCUT2D eigenvalue weighted by Crippen LogP contribution is 2.39. The fourth-order valence-corrected chi connectivity index (χ4v) is 4.33. The third kappa shape index (κ3) is 2.21. The lowest BCUT2D eigenvalue weighted by Gasteiger charge is -2.24. The number of pyridine rings is 1. The summed E-state index contributed by atoms with van der Waals surface area (Å²) in [6.45, 7) is 1.50. The van der Waals surface area contributed by atoms with Gasteiger partial charge in [0.2, 0.25) is 0 Å². The van der Waals surface area contributed by atoms with Gasteiger partial charge in [0.1, 0.15) is 11.9 Å². The molecule has 1 atom stereocenters. The highest BCUT2D eigenvalue weighted by Gasteiger charge is 2.31. The van der Waals surface area contributed by atoms with Gasteiger partial charge in [-0.25, -0.2) is 4.98 Å². The number of anilines is 1. The molecule has 1 unspecified atom stereocenters. The Bertz CT molecular complexity index is 1020. The van der Waals surface area contributed by atoms with E-state index in [9.17, 15) is 10.4 Å². The van der Waals surface area contributed by atoms with E-state index in [4.69, 9.17) is 4.98 Å². The van der Waals surface area contributed by atoms with Crippen molar-refractivity contribution in [1.29, 1.82) is 5.26 Å². The molecule has 1 aromatic carbocycles. The summed E-state index contributed by atoms with van der Waals surface area (Å²) >= 11 is 0. The minimum atomic E-state index is -0.275. The third-order valence-electron chi connectivity index (χ3n) is 5.36. The maximum absolute atomic E-state index is 10.0. The molecule has 6 heteroatoms. The largest absolute Gasteiger partial charge is 0.391 e. The normalized spacial score (nSPS) is 19.2. The fraction of sp³-hybridized carbons (Fsp3) is 0.368. The molecule has 0 radical (unpaired) electrons. The molecule has 1 aliphatic carbocycles. The predicted octanol–water partition coefficient (Wildman–Crippen LogP) is 2.84. The lowest BCUT2D eigenvalue weighted by atomic mass is 10.1. The van der Waals surface area contributed by atoms with Crippen molar-refractivity contribution in [3.8, 4) is 6.07 Å². The van der Waals surface area contributed by atoms with Crippen LogP contribution >= 0.6 is 12.4 Å². The number of para-hydroxylation sites is 2. The van der Waals surface area contributed by atoms with Gasteiger partial charge >= 0.3 is 0 Å². The summed E-state index contributed by atoms with van der Waals surface area (Å²) in [5.41, 5.74) is 5.87. The molecule has 128 valence electrons. The van der Waals surface area contributed by atoms with Gasteiger partial charge in [0.15, 0.2) is 5.65 Å². The monoisotopic (exact) mass is 354 g/mol. The Labute approximate surface area is 151 Å². The van der Waals surface area contributed by atoms with E-state index in [-0.39, 0.29) is 18.5 Å². The maximum Gasteiger partial charge on any atom is 0.157 e. The summed E-state index contributed by atoms with van der Waals surface area (Å²) in [5, 5.41) is 19.8. The van der Waals surface area contributed by atoms with Gasteiger partial charge in [-0.15, -0.1) is 12.4 Å². The van der Waals surface area contributed by atoms with Crippen LogP contribution in [0.5, 0.6) is 0 Å². The van der Waals surface area contributed by atoms with Crippen molar-refractivity contribution in [1.82, 2.24) is 9.38 Å². The van der Waals surface area contributed by atoms with Crippen LogP contribution in [0.15, 0.2) is 24.3 Å². The number of β-amino-alcohol motifs (C(OH)–C–C–N with tert-alkyl or cyclic N) is 1. The van der Waals surface area contributed by atoms with Crippen LogP contribution < -0.4 is 4.90 Å². The SMILES string of the molecule is Cl.N#Cc1c2c(c(N3CCC(O)C3)n3c1nc1ccccc13)CCC2. The van der Waals surface area contributed by atoms with E-state index in [1.165, 1.54) is 5.56 Å². The number of nitriles is 1. The topological polar surface area (TPSA) is 64.6 Å². The third-order valence-corrected chi connectivity index (χ3v) is 5.36. The number of hydrogen-bond acceptors (Lipinski definition) is 4. The van der Waals surface area contributed by atoms with Gasteiger partial charge < -0.3 is 10.0 Å². The molecule has 0 amide bonds. The van der Waals surface area contributed by atoms with Gasteiger partial charge in [0.05, 0.1) is 22.7 Å². The number of halogens is 1. The van der Waals surface area contributed by atoms with Crippen LogP contribution in [-0.4, -0.2) is 33.7 Å².